The average Bonchev–Trinajstić information content (AvgIpc) is 2.68. The number of allylic oxidation sites excluding steroid dienone is 1. The van der Waals surface area contributed by atoms with E-state index in [1.807, 2.05) is 26.8 Å². The Balaban J connectivity index is 2.87. The number of ether oxygens (including phenoxy) is 3. The fraction of sp³-hybridized carbons (Fsp3) is 0.400. The molecule has 7 heteroatoms. The number of hydrogen-bond acceptors (Lipinski definition) is 7. The molecule has 0 saturated carbocycles. The Bertz CT molecular complexity index is 844. The maximum absolute atomic E-state index is 11.4. The van der Waals surface area contributed by atoms with Gasteiger partial charge in [-0.25, -0.2) is 0 Å². The monoisotopic (exact) mass is 374 g/mol. The summed E-state index contributed by atoms with van der Waals surface area (Å²) in [5.41, 5.74) is 4.65. The second kappa shape index (κ2) is 9.34. The normalized spacial score (nSPS) is 11.8. The highest BCUT2D eigenvalue weighted by Gasteiger charge is 2.24. The van der Waals surface area contributed by atoms with E-state index in [0.717, 1.165) is 5.56 Å². The molecular formula is C20H26N2O5. The minimum atomic E-state index is -0.289. The smallest absolute Gasteiger partial charge is 0.135 e. The number of hydrogen-bond donors (Lipinski definition) is 2. The van der Waals surface area contributed by atoms with Crippen LogP contribution in [-0.2, 0) is 4.74 Å². The van der Waals surface area contributed by atoms with Crippen molar-refractivity contribution in [2.24, 2.45) is 5.18 Å². The molecule has 0 saturated heterocycles. The molecule has 27 heavy (non-hydrogen) atoms. The van der Waals surface area contributed by atoms with Crippen molar-refractivity contribution in [2.45, 2.75) is 33.3 Å². The number of fused-ring (bicyclic) bond motifs is 1. The van der Waals surface area contributed by atoms with E-state index < -0.39 is 0 Å². The Morgan fingerprint density at radius 3 is 2.52 bits per heavy atom. The maximum Gasteiger partial charge on any atom is 0.135 e. The quantitative estimate of drug-likeness (QED) is 0.343. The molecule has 0 fully saturated rings. The molecule has 0 aliphatic heterocycles. The minimum absolute atomic E-state index is 0.193. The summed E-state index contributed by atoms with van der Waals surface area (Å²) in [4.78, 5) is 11.4. The average molecular weight is 374 g/mol. The minimum Gasteiger partial charge on any atom is -0.496 e. The third-order valence-electron chi connectivity index (χ3n) is 4.30. The van der Waals surface area contributed by atoms with Crippen LogP contribution in [-0.4, -0.2) is 26.0 Å². The largest absolute Gasteiger partial charge is 0.496 e. The zero-order chi connectivity index (χ0) is 20.0. The zero-order valence-corrected chi connectivity index (χ0v) is 16.3. The number of nitroso groups, excluding NO2 is 1. The van der Waals surface area contributed by atoms with Crippen molar-refractivity contribution in [3.63, 3.8) is 0 Å². The van der Waals surface area contributed by atoms with Crippen LogP contribution in [0.1, 0.15) is 38.9 Å². The second-order valence-electron chi connectivity index (χ2n) is 6.25. The number of nitrogens with one attached hydrogen (secondary N) is 1. The second-order valence-corrected chi connectivity index (χ2v) is 6.25. The van der Waals surface area contributed by atoms with Crippen LogP contribution in [0.25, 0.3) is 10.8 Å². The van der Waals surface area contributed by atoms with Crippen molar-refractivity contribution < 1.29 is 19.4 Å². The number of nitrogens with zero attached hydrogens (tertiary/aromatic N) is 1. The SMILES string of the molecule is CCO[C@H](CC=C(C)C)c1cc(OC)c2c(NO)ccc(N=O)c2c1OC. The summed E-state index contributed by atoms with van der Waals surface area (Å²) >= 11 is 0. The first-order valence-electron chi connectivity index (χ1n) is 8.72. The van der Waals surface area contributed by atoms with Crippen molar-refractivity contribution in [1.29, 1.82) is 0 Å². The van der Waals surface area contributed by atoms with Gasteiger partial charge in [-0.15, -0.1) is 4.91 Å². The van der Waals surface area contributed by atoms with Crippen molar-refractivity contribution in [3.8, 4) is 11.5 Å². The predicted octanol–water partition coefficient (Wildman–Crippen LogP) is 5.49. The molecule has 0 bridgehead atoms. The van der Waals surface area contributed by atoms with E-state index in [1.54, 1.807) is 6.07 Å². The van der Waals surface area contributed by atoms with Crippen LogP contribution in [0, 0.1) is 4.91 Å². The first-order chi connectivity index (χ1) is 13.0. The van der Waals surface area contributed by atoms with Gasteiger partial charge in [0.05, 0.1) is 36.8 Å². The van der Waals surface area contributed by atoms with Crippen LogP contribution in [0.15, 0.2) is 35.0 Å². The molecule has 2 rings (SSSR count). The summed E-state index contributed by atoms with van der Waals surface area (Å²) in [5.74, 6) is 0.947. The van der Waals surface area contributed by atoms with E-state index in [0.29, 0.717) is 41.0 Å². The van der Waals surface area contributed by atoms with Gasteiger partial charge in [0.15, 0.2) is 0 Å². The van der Waals surface area contributed by atoms with E-state index in [-0.39, 0.29) is 11.8 Å². The van der Waals surface area contributed by atoms with Crippen LogP contribution in [0.2, 0.25) is 0 Å². The van der Waals surface area contributed by atoms with Gasteiger partial charge in [-0.1, -0.05) is 11.6 Å². The number of anilines is 1. The van der Waals surface area contributed by atoms with E-state index >= 15 is 0 Å². The highest BCUT2D eigenvalue weighted by molar-refractivity contribution is 6.08. The van der Waals surface area contributed by atoms with Gasteiger partial charge in [-0.2, -0.15) is 0 Å². The lowest BCUT2D eigenvalue weighted by molar-refractivity contribution is 0.0628. The Labute approximate surface area is 158 Å². The van der Waals surface area contributed by atoms with Crippen LogP contribution in [0.3, 0.4) is 0 Å². The Kier molecular flexibility index (Phi) is 7.15. The molecule has 0 heterocycles. The molecular weight excluding hydrogens is 348 g/mol. The third kappa shape index (κ3) is 4.20. The molecule has 2 aromatic carbocycles. The van der Waals surface area contributed by atoms with E-state index in [2.05, 4.69) is 16.7 Å². The van der Waals surface area contributed by atoms with Crippen molar-refractivity contribution in [2.75, 3.05) is 26.3 Å². The van der Waals surface area contributed by atoms with Gasteiger partial charge in [0.25, 0.3) is 0 Å². The van der Waals surface area contributed by atoms with Gasteiger partial charge < -0.3 is 14.2 Å². The lowest BCUT2D eigenvalue weighted by Gasteiger charge is -2.23. The fourth-order valence-electron chi connectivity index (χ4n) is 3.12. The van der Waals surface area contributed by atoms with Crippen LogP contribution in [0.5, 0.6) is 11.5 Å². The highest BCUT2D eigenvalue weighted by atomic mass is 16.5. The number of benzene rings is 2. The molecule has 0 amide bonds. The van der Waals surface area contributed by atoms with Crippen molar-refractivity contribution in [3.05, 3.63) is 40.3 Å². The van der Waals surface area contributed by atoms with Crippen LogP contribution >= 0.6 is 0 Å². The molecule has 0 aliphatic rings. The topological polar surface area (TPSA) is 89.4 Å². The maximum atomic E-state index is 11.4. The molecule has 146 valence electrons. The molecule has 0 unspecified atom stereocenters. The van der Waals surface area contributed by atoms with Gasteiger partial charge in [-0.3, -0.25) is 10.7 Å². The zero-order valence-electron chi connectivity index (χ0n) is 16.3. The summed E-state index contributed by atoms with van der Waals surface area (Å²) in [7, 11) is 3.06. The summed E-state index contributed by atoms with van der Waals surface area (Å²) in [6, 6.07) is 4.89. The Morgan fingerprint density at radius 1 is 1.26 bits per heavy atom. The van der Waals surface area contributed by atoms with Gasteiger partial charge in [0, 0.05) is 12.2 Å². The Hall–Kier alpha value is -2.64. The van der Waals surface area contributed by atoms with Crippen molar-refractivity contribution >= 4 is 22.1 Å². The van der Waals surface area contributed by atoms with Gasteiger partial charge in [0.1, 0.15) is 17.2 Å². The number of methoxy groups -OCH3 is 2. The van der Waals surface area contributed by atoms with Crippen molar-refractivity contribution in [1.82, 2.24) is 0 Å². The standard InChI is InChI=1S/C20H26N2O5/c1-6-27-16(10-7-12(2)3)13-11-17(25-4)18-14(21-23)8-9-15(22-24)19(18)20(13)26-5/h7-9,11,16,21,23H,6,10H2,1-5H3/t16-/m1/s1. The van der Waals surface area contributed by atoms with Gasteiger partial charge in [0.2, 0.25) is 0 Å². The first-order valence-corrected chi connectivity index (χ1v) is 8.72. The lowest BCUT2D eigenvalue weighted by atomic mass is 9.96. The first kappa shape index (κ1) is 20.7. The van der Waals surface area contributed by atoms with E-state index in [4.69, 9.17) is 14.2 Å². The lowest BCUT2D eigenvalue weighted by Crippen LogP contribution is -2.07. The van der Waals surface area contributed by atoms with Gasteiger partial charge in [-0.05, 0) is 50.6 Å². The van der Waals surface area contributed by atoms with E-state index in [9.17, 15) is 10.1 Å². The van der Waals surface area contributed by atoms with Crippen LogP contribution < -0.4 is 15.0 Å². The summed E-state index contributed by atoms with van der Waals surface area (Å²) < 4.78 is 17.2. The Morgan fingerprint density at radius 2 is 2.00 bits per heavy atom. The molecule has 1 atom stereocenters. The summed E-state index contributed by atoms with van der Waals surface area (Å²) in [6.07, 6.45) is 2.44. The predicted molar refractivity (Wildman–Crippen MR) is 106 cm³/mol. The summed E-state index contributed by atoms with van der Waals surface area (Å²) in [5, 5.41) is 13.6. The third-order valence-corrected chi connectivity index (χ3v) is 4.30. The highest BCUT2D eigenvalue weighted by Crippen LogP contribution is 2.48. The van der Waals surface area contributed by atoms with E-state index in [1.165, 1.54) is 25.9 Å². The number of rotatable bonds is 9. The molecule has 0 radical (unpaired) electrons. The summed E-state index contributed by atoms with van der Waals surface area (Å²) in [6.45, 7) is 6.48. The molecule has 2 N–H and O–H groups in total. The van der Waals surface area contributed by atoms with Crippen LogP contribution in [0.4, 0.5) is 11.4 Å². The molecule has 7 nitrogen and oxygen atoms in total. The molecule has 0 aromatic heterocycles. The fourth-order valence-corrected chi connectivity index (χ4v) is 3.12. The molecule has 0 spiro atoms. The molecule has 2 aromatic rings. The molecule has 0 aliphatic carbocycles. The van der Waals surface area contributed by atoms with Gasteiger partial charge >= 0.3 is 0 Å².